The minimum atomic E-state index is -0.431. The Morgan fingerprint density at radius 2 is 2.10 bits per heavy atom. The molecule has 0 unspecified atom stereocenters. The Morgan fingerprint density at radius 3 is 2.80 bits per heavy atom. The quantitative estimate of drug-likeness (QED) is 0.861. The molecule has 0 fully saturated rings. The summed E-state index contributed by atoms with van der Waals surface area (Å²) in [4.78, 5) is 22.8. The third kappa shape index (κ3) is 2.85. The number of hydrogen-bond donors (Lipinski definition) is 1. The predicted octanol–water partition coefficient (Wildman–Crippen LogP) is 1.93. The van der Waals surface area contributed by atoms with Crippen molar-refractivity contribution < 1.29 is 19.1 Å². The number of nitrogens with zero attached hydrogens (tertiary/aromatic N) is 1. The van der Waals surface area contributed by atoms with Crippen LogP contribution in [0.2, 0.25) is 0 Å². The highest BCUT2D eigenvalue weighted by Crippen LogP contribution is 2.21. The summed E-state index contributed by atoms with van der Waals surface area (Å²) in [6.07, 6.45) is 5.16. The van der Waals surface area contributed by atoms with E-state index in [4.69, 9.17) is 4.74 Å². The molecule has 1 aromatic heterocycles. The van der Waals surface area contributed by atoms with Crippen molar-refractivity contribution in [1.29, 1.82) is 0 Å². The van der Waals surface area contributed by atoms with Gasteiger partial charge in [0.1, 0.15) is 0 Å². The molecular formula is C14H14N2O4. The maximum absolute atomic E-state index is 11.7. The van der Waals surface area contributed by atoms with Gasteiger partial charge in [0.25, 0.3) is 0 Å². The Morgan fingerprint density at radius 1 is 1.30 bits per heavy atom. The van der Waals surface area contributed by atoms with E-state index in [1.54, 1.807) is 24.4 Å². The summed E-state index contributed by atoms with van der Waals surface area (Å²) < 4.78 is 9.29. The van der Waals surface area contributed by atoms with Crippen LogP contribution in [0, 0.1) is 0 Å². The summed E-state index contributed by atoms with van der Waals surface area (Å²) in [5, 5.41) is 7.41. The highest BCUT2D eigenvalue weighted by molar-refractivity contribution is 6.04. The molecule has 20 heavy (non-hydrogen) atoms. The third-order valence-electron chi connectivity index (χ3n) is 2.81. The SMILES string of the molecule is COC(=O)CC=Cc1cc(C(=O)OC)c2cn[nH]c2c1. The number of H-pyrrole nitrogens is 1. The Bertz CT molecular complexity index is 673. The fourth-order valence-corrected chi connectivity index (χ4v) is 1.82. The van der Waals surface area contributed by atoms with E-state index in [9.17, 15) is 9.59 Å². The van der Waals surface area contributed by atoms with Crippen LogP contribution in [0.25, 0.3) is 17.0 Å². The van der Waals surface area contributed by atoms with Gasteiger partial charge in [-0.2, -0.15) is 5.10 Å². The van der Waals surface area contributed by atoms with Crippen LogP contribution in [-0.4, -0.2) is 36.4 Å². The fourth-order valence-electron chi connectivity index (χ4n) is 1.82. The minimum Gasteiger partial charge on any atom is -0.469 e. The predicted molar refractivity (Wildman–Crippen MR) is 73.1 cm³/mol. The molecule has 2 rings (SSSR count). The van der Waals surface area contributed by atoms with Gasteiger partial charge in [0.15, 0.2) is 0 Å². The van der Waals surface area contributed by atoms with Gasteiger partial charge >= 0.3 is 11.9 Å². The van der Waals surface area contributed by atoms with Crippen LogP contribution in [-0.2, 0) is 14.3 Å². The number of nitrogens with one attached hydrogen (secondary N) is 1. The average Bonchev–Trinajstić information content (AvgIpc) is 2.93. The fraction of sp³-hybridized carbons (Fsp3) is 0.214. The molecule has 0 spiro atoms. The van der Waals surface area contributed by atoms with Gasteiger partial charge in [-0.3, -0.25) is 9.89 Å². The number of carbonyl (C=O) groups is 2. The molecule has 0 amide bonds. The molecule has 0 bridgehead atoms. The van der Waals surface area contributed by atoms with E-state index in [0.29, 0.717) is 10.9 Å². The molecule has 6 nitrogen and oxygen atoms in total. The number of hydrogen-bond acceptors (Lipinski definition) is 5. The van der Waals surface area contributed by atoms with Crippen molar-refractivity contribution in [3.63, 3.8) is 0 Å². The lowest BCUT2D eigenvalue weighted by Gasteiger charge is -2.03. The standard InChI is InChI=1S/C14H14N2O4/c1-19-13(17)5-3-4-9-6-10(14(18)20-2)11-8-15-16-12(11)7-9/h3-4,6-8H,5H2,1-2H3,(H,15,16). The zero-order chi connectivity index (χ0) is 14.5. The van der Waals surface area contributed by atoms with E-state index in [1.807, 2.05) is 6.07 Å². The smallest absolute Gasteiger partial charge is 0.338 e. The highest BCUT2D eigenvalue weighted by atomic mass is 16.5. The third-order valence-corrected chi connectivity index (χ3v) is 2.81. The molecule has 1 aromatic carbocycles. The second-order valence-corrected chi connectivity index (χ2v) is 4.07. The number of esters is 2. The monoisotopic (exact) mass is 274 g/mol. The van der Waals surface area contributed by atoms with Crippen molar-refractivity contribution in [3.8, 4) is 0 Å². The van der Waals surface area contributed by atoms with Crippen LogP contribution in [0.3, 0.4) is 0 Å². The second-order valence-electron chi connectivity index (χ2n) is 4.07. The maximum Gasteiger partial charge on any atom is 0.338 e. The molecule has 104 valence electrons. The molecule has 0 aliphatic rings. The van der Waals surface area contributed by atoms with Gasteiger partial charge in [0.2, 0.25) is 0 Å². The van der Waals surface area contributed by atoms with Crippen LogP contribution in [0.4, 0.5) is 0 Å². The molecule has 0 atom stereocenters. The number of fused-ring (bicyclic) bond motifs is 1. The van der Waals surface area contributed by atoms with E-state index in [1.165, 1.54) is 14.2 Å². The molecule has 1 heterocycles. The summed E-state index contributed by atoms with van der Waals surface area (Å²) in [5.41, 5.74) is 1.92. The number of ether oxygens (including phenoxy) is 2. The second kappa shape index (κ2) is 6.01. The number of aromatic nitrogens is 2. The number of carbonyl (C=O) groups excluding carboxylic acids is 2. The largest absolute Gasteiger partial charge is 0.469 e. The molecule has 6 heteroatoms. The molecule has 0 radical (unpaired) electrons. The van der Waals surface area contributed by atoms with E-state index in [0.717, 1.165) is 11.1 Å². The van der Waals surface area contributed by atoms with Gasteiger partial charge in [-0.05, 0) is 17.7 Å². The highest BCUT2D eigenvalue weighted by Gasteiger charge is 2.12. The zero-order valence-corrected chi connectivity index (χ0v) is 11.2. The van der Waals surface area contributed by atoms with Crippen molar-refractivity contribution in [2.75, 3.05) is 14.2 Å². The molecule has 1 N–H and O–H groups in total. The molecule has 0 saturated heterocycles. The van der Waals surface area contributed by atoms with Crippen molar-refractivity contribution in [1.82, 2.24) is 10.2 Å². The number of rotatable bonds is 4. The van der Waals surface area contributed by atoms with Crippen LogP contribution < -0.4 is 0 Å². The van der Waals surface area contributed by atoms with Gasteiger partial charge in [-0.1, -0.05) is 12.2 Å². The first kappa shape index (κ1) is 13.8. The van der Waals surface area contributed by atoms with Crippen LogP contribution in [0.1, 0.15) is 22.3 Å². The summed E-state index contributed by atoms with van der Waals surface area (Å²) >= 11 is 0. The number of aromatic amines is 1. The Kier molecular flexibility index (Phi) is 4.14. The topological polar surface area (TPSA) is 81.3 Å². The van der Waals surface area contributed by atoms with Crippen molar-refractivity contribution in [3.05, 3.63) is 35.5 Å². The van der Waals surface area contributed by atoms with Crippen LogP contribution in [0.15, 0.2) is 24.4 Å². The van der Waals surface area contributed by atoms with Gasteiger partial charge in [-0.25, -0.2) is 4.79 Å². The van der Waals surface area contributed by atoms with Crippen molar-refractivity contribution in [2.45, 2.75) is 6.42 Å². The van der Waals surface area contributed by atoms with E-state index in [-0.39, 0.29) is 12.4 Å². The first-order chi connectivity index (χ1) is 9.65. The van der Waals surface area contributed by atoms with Crippen LogP contribution >= 0.6 is 0 Å². The lowest BCUT2D eigenvalue weighted by molar-refractivity contribution is -0.139. The number of benzene rings is 1. The summed E-state index contributed by atoms with van der Waals surface area (Å²) in [6, 6.07) is 3.53. The van der Waals surface area contributed by atoms with Crippen molar-refractivity contribution >= 4 is 28.9 Å². The first-order valence-electron chi connectivity index (χ1n) is 5.94. The lowest BCUT2D eigenvalue weighted by Crippen LogP contribution is -2.02. The van der Waals surface area contributed by atoms with Crippen molar-refractivity contribution in [2.24, 2.45) is 0 Å². The molecule has 0 aliphatic carbocycles. The Labute approximate surface area is 115 Å². The molecule has 0 aliphatic heterocycles. The Balaban J connectivity index is 2.35. The first-order valence-corrected chi connectivity index (χ1v) is 5.94. The van der Waals surface area contributed by atoms with E-state index in [2.05, 4.69) is 14.9 Å². The molecule has 0 saturated carbocycles. The van der Waals surface area contributed by atoms with E-state index >= 15 is 0 Å². The minimum absolute atomic E-state index is 0.172. The molecule has 2 aromatic rings. The maximum atomic E-state index is 11.7. The summed E-state index contributed by atoms with van der Waals surface area (Å²) in [5.74, 6) is -0.753. The number of methoxy groups -OCH3 is 2. The Hall–Kier alpha value is -2.63. The molecular weight excluding hydrogens is 260 g/mol. The van der Waals surface area contributed by atoms with Gasteiger partial charge in [0, 0.05) is 5.39 Å². The summed E-state index contributed by atoms with van der Waals surface area (Å²) in [7, 11) is 2.66. The lowest BCUT2D eigenvalue weighted by atomic mass is 10.1. The van der Waals surface area contributed by atoms with Crippen LogP contribution in [0.5, 0.6) is 0 Å². The normalized spacial score (nSPS) is 10.9. The van der Waals surface area contributed by atoms with Gasteiger partial charge in [0.05, 0.1) is 37.9 Å². The van der Waals surface area contributed by atoms with Gasteiger partial charge in [-0.15, -0.1) is 0 Å². The summed E-state index contributed by atoms with van der Waals surface area (Å²) in [6.45, 7) is 0. The van der Waals surface area contributed by atoms with E-state index < -0.39 is 5.97 Å². The van der Waals surface area contributed by atoms with Gasteiger partial charge < -0.3 is 9.47 Å². The average molecular weight is 274 g/mol. The zero-order valence-electron chi connectivity index (χ0n) is 11.2.